The van der Waals surface area contributed by atoms with Gasteiger partial charge in [0.2, 0.25) is 5.91 Å². The lowest BCUT2D eigenvalue weighted by Crippen LogP contribution is -2.47. The number of aliphatic carboxylic acids is 1. The molecule has 178 valence electrons. The van der Waals surface area contributed by atoms with Crippen LogP contribution in [0.5, 0.6) is 0 Å². The summed E-state index contributed by atoms with van der Waals surface area (Å²) >= 11 is 0. The van der Waals surface area contributed by atoms with Crippen molar-refractivity contribution in [2.45, 2.75) is 24.8 Å². The van der Waals surface area contributed by atoms with Crippen LogP contribution in [0.1, 0.15) is 29.9 Å². The van der Waals surface area contributed by atoms with Gasteiger partial charge in [-0.3, -0.25) is 9.59 Å². The molecule has 5 rings (SSSR count). The number of carboxylic acid groups (broad SMARTS) is 1. The molecule has 2 fully saturated rings. The molecule has 1 aliphatic carbocycles. The van der Waals surface area contributed by atoms with E-state index in [0.717, 1.165) is 22.3 Å². The van der Waals surface area contributed by atoms with Gasteiger partial charge < -0.3 is 24.8 Å². The van der Waals surface area contributed by atoms with Crippen LogP contribution in [0.3, 0.4) is 0 Å². The Bertz CT molecular complexity index is 1060. The Hall–Kier alpha value is -3.39. The third-order valence-electron chi connectivity index (χ3n) is 7.11. The van der Waals surface area contributed by atoms with E-state index in [-0.39, 0.29) is 44.0 Å². The van der Waals surface area contributed by atoms with Crippen LogP contribution in [0.2, 0.25) is 0 Å². The summed E-state index contributed by atoms with van der Waals surface area (Å²) in [5.74, 6) is -1.51. The molecule has 2 aliphatic heterocycles. The second-order valence-electron chi connectivity index (χ2n) is 9.26. The number of amides is 2. The van der Waals surface area contributed by atoms with E-state index in [1.165, 1.54) is 0 Å². The average Bonchev–Trinajstić information content (AvgIpc) is 3.55. The van der Waals surface area contributed by atoms with Gasteiger partial charge in [-0.05, 0) is 34.6 Å². The fourth-order valence-electron chi connectivity index (χ4n) is 5.41. The zero-order chi connectivity index (χ0) is 23.7. The lowest BCUT2D eigenvalue weighted by atomic mass is 9.98. The number of hydrogen-bond donors (Lipinski definition) is 2. The molecule has 34 heavy (non-hydrogen) atoms. The van der Waals surface area contributed by atoms with Crippen molar-refractivity contribution in [1.82, 2.24) is 10.2 Å². The van der Waals surface area contributed by atoms with Crippen LogP contribution >= 0.6 is 0 Å². The van der Waals surface area contributed by atoms with Crippen LogP contribution in [0, 0.1) is 11.8 Å². The zero-order valence-corrected chi connectivity index (χ0v) is 18.8. The zero-order valence-electron chi connectivity index (χ0n) is 18.8. The Morgan fingerprint density at radius 2 is 1.71 bits per heavy atom. The van der Waals surface area contributed by atoms with Gasteiger partial charge in [-0.15, -0.1) is 0 Å². The largest absolute Gasteiger partial charge is 0.481 e. The van der Waals surface area contributed by atoms with E-state index in [1.54, 1.807) is 4.90 Å². The highest BCUT2D eigenvalue weighted by atomic mass is 16.5. The van der Waals surface area contributed by atoms with Crippen molar-refractivity contribution >= 4 is 18.0 Å². The van der Waals surface area contributed by atoms with Crippen LogP contribution in [-0.4, -0.2) is 66.9 Å². The minimum atomic E-state index is -0.849. The quantitative estimate of drug-likeness (QED) is 0.681. The van der Waals surface area contributed by atoms with Gasteiger partial charge in [-0.1, -0.05) is 48.5 Å². The number of carbonyl (C=O) groups is 3. The van der Waals surface area contributed by atoms with Crippen LogP contribution < -0.4 is 5.32 Å². The molecule has 0 radical (unpaired) electrons. The summed E-state index contributed by atoms with van der Waals surface area (Å²) in [6.07, 6.45) is 0.169. The van der Waals surface area contributed by atoms with Crippen LogP contribution in [-0.2, 0) is 19.1 Å². The first-order valence-electron chi connectivity index (χ1n) is 11.7. The molecule has 0 aromatic heterocycles. The minimum absolute atomic E-state index is 0.0303. The van der Waals surface area contributed by atoms with Crippen molar-refractivity contribution in [2.24, 2.45) is 11.8 Å². The number of nitrogens with one attached hydrogen (secondary N) is 1. The first-order chi connectivity index (χ1) is 16.5. The predicted molar refractivity (Wildman–Crippen MR) is 123 cm³/mol. The maximum Gasteiger partial charge on any atom is 0.407 e. The molecule has 0 saturated carbocycles. The van der Waals surface area contributed by atoms with E-state index in [0.29, 0.717) is 19.5 Å². The summed E-state index contributed by atoms with van der Waals surface area (Å²) in [5, 5.41) is 11.8. The highest BCUT2D eigenvalue weighted by Gasteiger charge is 2.40. The maximum absolute atomic E-state index is 13.0. The highest BCUT2D eigenvalue weighted by Crippen LogP contribution is 2.44. The molecular formula is C26H28N2O6. The Labute approximate surface area is 197 Å². The molecule has 2 saturated heterocycles. The van der Waals surface area contributed by atoms with E-state index in [4.69, 9.17) is 14.6 Å². The molecule has 2 amide bonds. The third kappa shape index (κ3) is 4.37. The van der Waals surface area contributed by atoms with E-state index >= 15 is 0 Å². The Balaban J connectivity index is 1.18. The standard InChI is InChI=1S/C26H28N2O6/c29-24(30)11-16-9-10-28(12-16)25(31)22-13-33-15-23(22)27-26(32)34-14-21-19-7-3-1-5-17(19)18-6-2-4-8-20(18)21/h1-8,16,21-23H,9-15H2,(H,27,32)(H,29,30). The number of nitrogens with zero attached hydrogens (tertiary/aromatic N) is 1. The summed E-state index contributed by atoms with van der Waals surface area (Å²) < 4.78 is 11.1. The number of carbonyl (C=O) groups excluding carboxylic acids is 2. The molecule has 2 aromatic carbocycles. The molecule has 2 heterocycles. The minimum Gasteiger partial charge on any atom is -0.481 e. The number of rotatable bonds is 6. The van der Waals surface area contributed by atoms with Crippen molar-refractivity contribution in [3.8, 4) is 11.1 Å². The van der Waals surface area contributed by atoms with Gasteiger partial charge in [-0.25, -0.2) is 4.79 Å². The van der Waals surface area contributed by atoms with Gasteiger partial charge >= 0.3 is 12.1 Å². The lowest BCUT2D eigenvalue weighted by Gasteiger charge is -2.24. The number of hydrogen-bond acceptors (Lipinski definition) is 5. The van der Waals surface area contributed by atoms with Gasteiger partial charge in [0.1, 0.15) is 6.61 Å². The summed E-state index contributed by atoms with van der Waals surface area (Å²) in [4.78, 5) is 38.3. The smallest absolute Gasteiger partial charge is 0.407 e. The van der Waals surface area contributed by atoms with Gasteiger partial charge in [0.15, 0.2) is 0 Å². The predicted octanol–water partition coefficient (Wildman–Crippen LogP) is 2.86. The van der Waals surface area contributed by atoms with Crippen LogP contribution in [0.25, 0.3) is 11.1 Å². The Kier molecular flexibility index (Phi) is 6.24. The number of likely N-dealkylation sites (tertiary alicyclic amines) is 1. The first kappa shape index (κ1) is 22.4. The topological polar surface area (TPSA) is 105 Å². The second kappa shape index (κ2) is 9.46. The number of carboxylic acids is 1. The van der Waals surface area contributed by atoms with Crippen molar-refractivity contribution in [1.29, 1.82) is 0 Å². The normalized spacial score (nSPS) is 23.4. The van der Waals surface area contributed by atoms with E-state index < -0.39 is 24.0 Å². The van der Waals surface area contributed by atoms with Crippen molar-refractivity contribution in [2.75, 3.05) is 32.9 Å². The van der Waals surface area contributed by atoms with Gasteiger partial charge in [-0.2, -0.15) is 0 Å². The number of ether oxygens (including phenoxy) is 2. The molecular weight excluding hydrogens is 436 g/mol. The molecule has 2 N–H and O–H groups in total. The number of benzene rings is 2. The fourth-order valence-corrected chi connectivity index (χ4v) is 5.41. The molecule has 3 aliphatic rings. The van der Waals surface area contributed by atoms with Crippen molar-refractivity contribution < 1.29 is 29.0 Å². The fraction of sp³-hybridized carbons (Fsp3) is 0.423. The monoisotopic (exact) mass is 464 g/mol. The van der Waals surface area contributed by atoms with Crippen LogP contribution in [0.15, 0.2) is 48.5 Å². The summed E-state index contributed by atoms with van der Waals surface area (Å²) in [6.45, 7) is 1.64. The molecule has 8 heteroatoms. The molecule has 3 atom stereocenters. The van der Waals surface area contributed by atoms with Crippen molar-refractivity contribution in [3.05, 3.63) is 59.7 Å². The first-order valence-corrected chi connectivity index (χ1v) is 11.7. The Morgan fingerprint density at radius 3 is 2.38 bits per heavy atom. The van der Waals surface area contributed by atoms with E-state index in [1.807, 2.05) is 24.3 Å². The maximum atomic E-state index is 13.0. The number of fused-ring (bicyclic) bond motifs is 3. The molecule has 2 aromatic rings. The SMILES string of the molecule is O=C(O)CC1CCN(C(=O)C2COCC2NC(=O)OCC2c3ccccc3-c3ccccc32)C1. The summed E-state index contributed by atoms with van der Waals surface area (Å²) in [6, 6.07) is 15.8. The molecule has 0 spiro atoms. The third-order valence-corrected chi connectivity index (χ3v) is 7.11. The van der Waals surface area contributed by atoms with Gasteiger partial charge in [0, 0.05) is 25.4 Å². The summed E-state index contributed by atoms with van der Waals surface area (Å²) in [5.41, 5.74) is 4.60. The number of alkyl carbamates (subject to hydrolysis) is 1. The lowest BCUT2D eigenvalue weighted by molar-refractivity contribution is -0.139. The molecule has 8 nitrogen and oxygen atoms in total. The van der Waals surface area contributed by atoms with Gasteiger partial charge in [0.05, 0.1) is 25.2 Å². The van der Waals surface area contributed by atoms with Crippen molar-refractivity contribution in [3.63, 3.8) is 0 Å². The van der Waals surface area contributed by atoms with E-state index in [2.05, 4.69) is 29.6 Å². The molecule has 3 unspecified atom stereocenters. The molecule has 0 bridgehead atoms. The average molecular weight is 465 g/mol. The van der Waals surface area contributed by atoms with Gasteiger partial charge in [0.25, 0.3) is 0 Å². The highest BCUT2D eigenvalue weighted by molar-refractivity contribution is 5.82. The van der Waals surface area contributed by atoms with E-state index in [9.17, 15) is 14.4 Å². The Morgan fingerprint density at radius 1 is 1.03 bits per heavy atom. The second-order valence-corrected chi connectivity index (χ2v) is 9.26. The van der Waals surface area contributed by atoms with Crippen LogP contribution in [0.4, 0.5) is 4.79 Å². The summed E-state index contributed by atoms with van der Waals surface area (Å²) in [7, 11) is 0.